The number of oxime groups is 1. The number of ether oxygens (including phenoxy) is 1. The van der Waals surface area contributed by atoms with Crippen molar-refractivity contribution in [3.05, 3.63) is 35.9 Å². The summed E-state index contributed by atoms with van der Waals surface area (Å²) in [5, 5.41) is 11.6. The highest BCUT2D eigenvalue weighted by Crippen LogP contribution is 2.04. The van der Waals surface area contributed by atoms with Gasteiger partial charge in [-0.05, 0) is 5.56 Å². The number of rotatable bonds is 4. The van der Waals surface area contributed by atoms with Crippen molar-refractivity contribution in [3.63, 3.8) is 0 Å². The van der Waals surface area contributed by atoms with E-state index in [2.05, 4.69) is 5.16 Å². The number of carbonyl (C=O) groups excluding carboxylic acids is 1. The van der Waals surface area contributed by atoms with E-state index in [9.17, 15) is 4.79 Å². The van der Waals surface area contributed by atoms with E-state index in [4.69, 9.17) is 9.94 Å². The molecule has 0 heterocycles. The van der Waals surface area contributed by atoms with Gasteiger partial charge in [0.05, 0.1) is 0 Å². The zero-order chi connectivity index (χ0) is 12.0. The van der Waals surface area contributed by atoms with Crippen molar-refractivity contribution in [2.24, 2.45) is 11.1 Å². The molecular weight excluding hydrogens is 206 g/mol. The smallest absolute Gasteiger partial charge is 0.356 e. The van der Waals surface area contributed by atoms with E-state index in [0.717, 1.165) is 5.56 Å². The molecule has 0 saturated heterocycles. The molecule has 0 radical (unpaired) electrons. The van der Waals surface area contributed by atoms with Crippen LogP contribution in [0.5, 0.6) is 0 Å². The fourth-order valence-electron chi connectivity index (χ4n) is 1.19. The Morgan fingerprint density at radius 1 is 1.38 bits per heavy atom. The molecule has 0 bridgehead atoms. The Morgan fingerprint density at radius 3 is 2.50 bits per heavy atom. The highest BCUT2D eigenvalue weighted by Gasteiger charge is 2.17. The zero-order valence-corrected chi connectivity index (χ0v) is 9.38. The third-order valence-corrected chi connectivity index (χ3v) is 2.08. The second-order valence-electron chi connectivity index (χ2n) is 3.70. The molecule has 1 aromatic carbocycles. The summed E-state index contributed by atoms with van der Waals surface area (Å²) >= 11 is 0. The Morgan fingerprint density at radius 2 is 2.00 bits per heavy atom. The van der Waals surface area contributed by atoms with Gasteiger partial charge in [-0.3, -0.25) is 0 Å². The van der Waals surface area contributed by atoms with Crippen molar-refractivity contribution in [3.8, 4) is 0 Å². The molecule has 86 valence electrons. The Kier molecular flexibility index (Phi) is 4.51. The molecule has 1 aromatic rings. The highest BCUT2D eigenvalue weighted by atomic mass is 16.5. The maximum atomic E-state index is 11.5. The Bertz CT molecular complexity index is 371. The van der Waals surface area contributed by atoms with Gasteiger partial charge in [-0.15, -0.1) is 0 Å². The van der Waals surface area contributed by atoms with Crippen LogP contribution < -0.4 is 0 Å². The summed E-state index contributed by atoms with van der Waals surface area (Å²) in [5.41, 5.74) is 0.938. The van der Waals surface area contributed by atoms with Crippen LogP contribution in [0.3, 0.4) is 0 Å². The number of carbonyl (C=O) groups is 1. The maximum Gasteiger partial charge on any atom is 0.356 e. The van der Waals surface area contributed by atoms with E-state index in [1.165, 1.54) is 0 Å². The fourth-order valence-corrected chi connectivity index (χ4v) is 1.19. The van der Waals surface area contributed by atoms with Crippen LogP contribution in [0, 0.1) is 5.92 Å². The molecule has 0 spiro atoms. The first-order valence-electron chi connectivity index (χ1n) is 5.08. The summed E-state index contributed by atoms with van der Waals surface area (Å²) in [6.07, 6.45) is 0. The quantitative estimate of drug-likeness (QED) is 0.367. The van der Waals surface area contributed by atoms with Crippen molar-refractivity contribution in [2.45, 2.75) is 20.5 Å². The summed E-state index contributed by atoms with van der Waals surface area (Å²) in [6, 6.07) is 9.34. The van der Waals surface area contributed by atoms with Crippen molar-refractivity contribution in [2.75, 3.05) is 0 Å². The van der Waals surface area contributed by atoms with Gasteiger partial charge in [-0.25, -0.2) is 4.79 Å². The lowest BCUT2D eigenvalue weighted by molar-refractivity contribution is -0.137. The van der Waals surface area contributed by atoms with Crippen LogP contribution >= 0.6 is 0 Å². The standard InChI is InChI=1S/C12H15NO3/c1-9(2)11(13-15)12(14)16-8-10-6-4-3-5-7-10/h3-7,9,15H,8H2,1-2H3/b13-11+. The van der Waals surface area contributed by atoms with E-state index in [0.29, 0.717) is 0 Å². The van der Waals surface area contributed by atoms with Gasteiger partial charge >= 0.3 is 5.97 Å². The van der Waals surface area contributed by atoms with E-state index in [1.807, 2.05) is 30.3 Å². The van der Waals surface area contributed by atoms with Crippen LogP contribution in [0.1, 0.15) is 19.4 Å². The van der Waals surface area contributed by atoms with Gasteiger partial charge in [-0.2, -0.15) is 0 Å². The van der Waals surface area contributed by atoms with Crippen molar-refractivity contribution in [1.29, 1.82) is 0 Å². The van der Waals surface area contributed by atoms with Crippen LogP contribution in [0.4, 0.5) is 0 Å². The molecule has 0 aliphatic carbocycles. The average molecular weight is 221 g/mol. The summed E-state index contributed by atoms with van der Waals surface area (Å²) in [7, 11) is 0. The molecule has 1 rings (SSSR count). The summed E-state index contributed by atoms with van der Waals surface area (Å²) in [5.74, 6) is -0.741. The van der Waals surface area contributed by atoms with Crippen LogP contribution in [0.15, 0.2) is 35.5 Å². The molecular formula is C12H15NO3. The molecule has 4 nitrogen and oxygen atoms in total. The van der Waals surface area contributed by atoms with Crippen LogP contribution in [-0.4, -0.2) is 16.9 Å². The molecule has 0 fully saturated rings. The van der Waals surface area contributed by atoms with Crippen molar-refractivity contribution in [1.82, 2.24) is 0 Å². The van der Waals surface area contributed by atoms with E-state index >= 15 is 0 Å². The average Bonchev–Trinajstić information content (AvgIpc) is 2.28. The third-order valence-electron chi connectivity index (χ3n) is 2.08. The highest BCUT2D eigenvalue weighted by molar-refractivity contribution is 6.36. The predicted octanol–water partition coefficient (Wildman–Crippen LogP) is 2.22. The summed E-state index contributed by atoms with van der Waals surface area (Å²) in [4.78, 5) is 11.5. The lowest BCUT2D eigenvalue weighted by Gasteiger charge is -2.08. The van der Waals surface area contributed by atoms with Crippen molar-refractivity contribution < 1.29 is 14.7 Å². The lowest BCUT2D eigenvalue weighted by Crippen LogP contribution is -2.22. The minimum Gasteiger partial charge on any atom is -0.456 e. The van der Waals surface area contributed by atoms with E-state index in [1.54, 1.807) is 13.8 Å². The molecule has 0 atom stereocenters. The van der Waals surface area contributed by atoms with Crippen molar-refractivity contribution >= 4 is 11.7 Å². The fraction of sp³-hybridized carbons (Fsp3) is 0.333. The lowest BCUT2D eigenvalue weighted by atomic mass is 10.1. The van der Waals surface area contributed by atoms with E-state index < -0.39 is 5.97 Å². The topological polar surface area (TPSA) is 58.9 Å². The van der Waals surface area contributed by atoms with Gasteiger partial charge in [0.15, 0.2) is 5.71 Å². The number of nitrogens with zero attached hydrogens (tertiary/aromatic N) is 1. The normalized spacial score (nSPS) is 11.6. The molecule has 4 heteroatoms. The minimum atomic E-state index is -0.582. The second-order valence-corrected chi connectivity index (χ2v) is 3.70. The van der Waals surface area contributed by atoms with Crippen LogP contribution in [-0.2, 0) is 16.1 Å². The number of hydrogen-bond acceptors (Lipinski definition) is 4. The zero-order valence-electron chi connectivity index (χ0n) is 9.38. The van der Waals surface area contributed by atoms with Gasteiger partial charge in [0.2, 0.25) is 0 Å². The third kappa shape index (κ3) is 3.38. The van der Waals surface area contributed by atoms with Gasteiger partial charge in [0, 0.05) is 5.92 Å². The minimum absolute atomic E-state index is 0.0379. The summed E-state index contributed by atoms with van der Waals surface area (Å²) in [6.45, 7) is 3.71. The molecule has 0 aliphatic heterocycles. The Labute approximate surface area is 94.5 Å². The van der Waals surface area contributed by atoms with Crippen LogP contribution in [0.2, 0.25) is 0 Å². The van der Waals surface area contributed by atoms with Crippen LogP contribution in [0.25, 0.3) is 0 Å². The molecule has 0 aliphatic rings. The van der Waals surface area contributed by atoms with Gasteiger partial charge in [-0.1, -0.05) is 49.3 Å². The first-order chi connectivity index (χ1) is 7.65. The Balaban J connectivity index is 2.53. The number of esters is 1. The second kappa shape index (κ2) is 5.90. The van der Waals surface area contributed by atoms with Gasteiger partial charge < -0.3 is 9.94 Å². The molecule has 0 unspecified atom stereocenters. The predicted molar refractivity (Wildman–Crippen MR) is 60.3 cm³/mol. The molecule has 1 N–H and O–H groups in total. The first kappa shape index (κ1) is 12.2. The molecule has 0 saturated carbocycles. The Hall–Kier alpha value is -1.84. The number of benzene rings is 1. The maximum absolute atomic E-state index is 11.5. The van der Waals surface area contributed by atoms with Gasteiger partial charge in [0.1, 0.15) is 6.61 Å². The molecule has 16 heavy (non-hydrogen) atoms. The largest absolute Gasteiger partial charge is 0.456 e. The number of hydrogen-bond donors (Lipinski definition) is 1. The van der Waals surface area contributed by atoms with Gasteiger partial charge in [0.25, 0.3) is 0 Å². The first-order valence-corrected chi connectivity index (χ1v) is 5.08. The van der Waals surface area contributed by atoms with E-state index in [-0.39, 0.29) is 18.2 Å². The molecule has 0 aromatic heterocycles. The SMILES string of the molecule is CC(C)/C(=N\O)C(=O)OCc1ccccc1. The summed E-state index contributed by atoms with van der Waals surface area (Å²) < 4.78 is 5.01. The molecule has 0 amide bonds. The monoisotopic (exact) mass is 221 g/mol.